The summed E-state index contributed by atoms with van der Waals surface area (Å²) in [5, 5.41) is 2.82. The fourth-order valence-electron chi connectivity index (χ4n) is 4.79. The van der Waals surface area contributed by atoms with Crippen molar-refractivity contribution in [1.29, 1.82) is 0 Å². The minimum Gasteiger partial charge on any atom is -0.455 e. The number of benzene rings is 3. The van der Waals surface area contributed by atoms with Crippen LogP contribution in [-0.4, -0.2) is 0 Å². The molecule has 0 unspecified atom stereocenters. The van der Waals surface area contributed by atoms with Crippen LogP contribution < -0.4 is 0 Å². The molecule has 1 aromatic heterocycles. The van der Waals surface area contributed by atoms with Crippen LogP contribution in [0.3, 0.4) is 0 Å². The first-order valence-electron chi connectivity index (χ1n) is 10.0. The van der Waals surface area contributed by atoms with Gasteiger partial charge in [-0.3, -0.25) is 0 Å². The minimum atomic E-state index is 0.186. The van der Waals surface area contributed by atoms with Crippen molar-refractivity contribution in [2.24, 2.45) is 0 Å². The van der Waals surface area contributed by atoms with Crippen molar-refractivity contribution in [3.8, 4) is 11.1 Å². The van der Waals surface area contributed by atoms with Crippen molar-refractivity contribution in [3.63, 3.8) is 0 Å². The average Bonchev–Trinajstić information content (AvgIpc) is 3.05. The van der Waals surface area contributed by atoms with Gasteiger partial charge in [-0.05, 0) is 52.5 Å². The van der Waals surface area contributed by atoms with Crippen LogP contribution in [0.1, 0.15) is 51.7 Å². The van der Waals surface area contributed by atoms with Gasteiger partial charge in [-0.15, -0.1) is 0 Å². The Kier molecular flexibility index (Phi) is 3.74. The van der Waals surface area contributed by atoms with E-state index >= 15 is 0 Å². The van der Waals surface area contributed by atoms with Gasteiger partial charge in [0.05, 0.1) is 5.02 Å². The molecule has 1 aliphatic carbocycles. The highest BCUT2D eigenvalue weighted by atomic mass is 35.5. The van der Waals surface area contributed by atoms with Crippen LogP contribution in [0.2, 0.25) is 5.02 Å². The Bertz CT molecular complexity index is 1230. The molecular weight excluding hydrogens is 364 g/mol. The molecule has 28 heavy (non-hydrogen) atoms. The molecule has 0 radical (unpaired) electrons. The molecule has 0 spiro atoms. The van der Waals surface area contributed by atoms with Gasteiger partial charge in [0, 0.05) is 16.3 Å². The smallest absolute Gasteiger partial charge is 0.143 e. The highest BCUT2D eigenvalue weighted by Gasteiger charge is 2.37. The van der Waals surface area contributed by atoms with Gasteiger partial charge < -0.3 is 4.42 Å². The van der Waals surface area contributed by atoms with E-state index in [-0.39, 0.29) is 10.8 Å². The Morgan fingerprint density at radius 2 is 1.54 bits per heavy atom. The highest BCUT2D eigenvalue weighted by molar-refractivity contribution is 6.37. The predicted octanol–water partition coefficient (Wildman–Crippen LogP) is 8.26. The summed E-state index contributed by atoms with van der Waals surface area (Å²) in [6, 6.07) is 19.2. The molecule has 0 aliphatic heterocycles. The van der Waals surface area contributed by atoms with Crippen LogP contribution in [0, 0.1) is 0 Å². The molecule has 0 amide bonds. The first-order valence-corrected chi connectivity index (χ1v) is 10.4. The molecule has 2 heteroatoms. The second kappa shape index (κ2) is 5.87. The lowest BCUT2D eigenvalue weighted by Gasteiger charge is -2.42. The first kappa shape index (κ1) is 17.8. The molecule has 1 aliphatic rings. The van der Waals surface area contributed by atoms with Crippen molar-refractivity contribution in [2.75, 3.05) is 0 Å². The van der Waals surface area contributed by atoms with Gasteiger partial charge in [-0.25, -0.2) is 0 Å². The van der Waals surface area contributed by atoms with E-state index in [1.54, 1.807) is 0 Å². The molecule has 142 valence electrons. The first-order chi connectivity index (χ1) is 13.3. The van der Waals surface area contributed by atoms with E-state index in [1.807, 2.05) is 18.2 Å². The second-order valence-corrected chi connectivity index (χ2v) is 9.83. The summed E-state index contributed by atoms with van der Waals surface area (Å²) in [5.41, 5.74) is 7.46. The van der Waals surface area contributed by atoms with Crippen LogP contribution in [-0.2, 0) is 10.8 Å². The fraction of sp³-hybridized carbons (Fsp3) is 0.308. The molecule has 1 heterocycles. The molecule has 0 atom stereocenters. The predicted molar refractivity (Wildman–Crippen MR) is 119 cm³/mol. The van der Waals surface area contributed by atoms with E-state index in [4.69, 9.17) is 16.0 Å². The van der Waals surface area contributed by atoms with E-state index in [0.717, 1.165) is 32.5 Å². The van der Waals surface area contributed by atoms with E-state index in [1.165, 1.54) is 29.5 Å². The number of rotatable bonds is 1. The SMILES string of the molecule is CC1(C)CCC(C)(C)c2cc(-c3cccc4c3oc3cccc(Cl)c34)ccc21. The zero-order valence-corrected chi connectivity index (χ0v) is 17.7. The van der Waals surface area contributed by atoms with Crippen LogP contribution in [0.15, 0.2) is 59.0 Å². The van der Waals surface area contributed by atoms with Gasteiger partial charge in [-0.2, -0.15) is 0 Å². The lowest BCUT2D eigenvalue weighted by atomic mass is 9.63. The third-order valence-corrected chi connectivity index (χ3v) is 6.95. The second-order valence-electron chi connectivity index (χ2n) is 9.43. The number of para-hydroxylation sites is 1. The molecule has 0 fully saturated rings. The zero-order valence-electron chi connectivity index (χ0n) is 16.9. The molecule has 3 aromatic carbocycles. The maximum Gasteiger partial charge on any atom is 0.143 e. The Morgan fingerprint density at radius 3 is 2.32 bits per heavy atom. The number of furan rings is 1. The van der Waals surface area contributed by atoms with E-state index in [2.05, 4.69) is 64.1 Å². The van der Waals surface area contributed by atoms with Crippen LogP contribution >= 0.6 is 11.6 Å². The minimum absolute atomic E-state index is 0.186. The topological polar surface area (TPSA) is 13.1 Å². The molecule has 0 N–H and O–H groups in total. The lowest BCUT2D eigenvalue weighted by molar-refractivity contribution is 0.332. The summed E-state index contributed by atoms with van der Waals surface area (Å²) >= 11 is 6.48. The monoisotopic (exact) mass is 388 g/mol. The summed E-state index contributed by atoms with van der Waals surface area (Å²) in [6.45, 7) is 9.46. The number of fused-ring (bicyclic) bond motifs is 4. The summed E-state index contributed by atoms with van der Waals surface area (Å²) in [4.78, 5) is 0. The molecule has 0 bridgehead atoms. The molecule has 5 rings (SSSR count). The van der Waals surface area contributed by atoms with Gasteiger partial charge in [-0.1, -0.05) is 81.8 Å². The van der Waals surface area contributed by atoms with Crippen molar-refractivity contribution in [3.05, 3.63) is 70.7 Å². The Morgan fingerprint density at radius 1 is 0.821 bits per heavy atom. The molecule has 1 nitrogen and oxygen atoms in total. The summed E-state index contributed by atoms with van der Waals surface area (Å²) in [5.74, 6) is 0. The molecular formula is C26H25ClO. The highest BCUT2D eigenvalue weighted by Crippen LogP contribution is 2.47. The fourth-order valence-corrected chi connectivity index (χ4v) is 5.06. The largest absolute Gasteiger partial charge is 0.455 e. The van der Waals surface area contributed by atoms with Crippen molar-refractivity contribution < 1.29 is 4.42 Å². The van der Waals surface area contributed by atoms with Gasteiger partial charge in [0.25, 0.3) is 0 Å². The van der Waals surface area contributed by atoms with E-state index in [0.29, 0.717) is 0 Å². The van der Waals surface area contributed by atoms with Crippen LogP contribution in [0.4, 0.5) is 0 Å². The summed E-state index contributed by atoms with van der Waals surface area (Å²) < 4.78 is 6.27. The van der Waals surface area contributed by atoms with Crippen LogP contribution in [0.25, 0.3) is 33.1 Å². The molecule has 0 saturated carbocycles. The third-order valence-electron chi connectivity index (χ3n) is 6.64. The Hall–Kier alpha value is -2.25. The Labute approximate surface area is 171 Å². The number of hydrogen-bond acceptors (Lipinski definition) is 1. The van der Waals surface area contributed by atoms with Gasteiger partial charge in [0.2, 0.25) is 0 Å². The molecule has 4 aromatic rings. The maximum atomic E-state index is 6.48. The molecule has 0 saturated heterocycles. The zero-order chi connectivity index (χ0) is 19.7. The quantitative estimate of drug-likeness (QED) is 0.320. The third kappa shape index (κ3) is 2.53. The summed E-state index contributed by atoms with van der Waals surface area (Å²) in [7, 11) is 0. The van der Waals surface area contributed by atoms with Gasteiger partial charge in [0.15, 0.2) is 0 Å². The maximum absolute atomic E-state index is 6.48. The Balaban J connectivity index is 1.78. The van der Waals surface area contributed by atoms with E-state index < -0.39 is 0 Å². The summed E-state index contributed by atoms with van der Waals surface area (Å²) in [6.07, 6.45) is 2.44. The van der Waals surface area contributed by atoms with Gasteiger partial charge in [0.1, 0.15) is 11.2 Å². The van der Waals surface area contributed by atoms with Crippen molar-refractivity contribution in [2.45, 2.75) is 51.4 Å². The van der Waals surface area contributed by atoms with Crippen molar-refractivity contribution in [1.82, 2.24) is 0 Å². The normalized spacial score (nSPS) is 17.8. The average molecular weight is 389 g/mol. The number of hydrogen-bond donors (Lipinski definition) is 0. The van der Waals surface area contributed by atoms with Crippen LogP contribution in [0.5, 0.6) is 0 Å². The standard InChI is InChI=1S/C26H25ClO/c1-25(2)13-14-26(3,4)20-15-16(11-12-19(20)25)17-7-5-8-18-23-21(27)9-6-10-22(23)28-24(17)18/h5-12,15H,13-14H2,1-4H3. The van der Waals surface area contributed by atoms with E-state index in [9.17, 15) is 0 Å². The van der Waals surface area contributed by atoms with Crippen molar-refractivity contribution >= 4 is 33.5 Å². The van der Waals surface area contributed by atoms with Gasteiger partial charge >= 0.3 is 0 Å². The lowest BCUT2D eigenvalue weighted by Crippen LogP contribution is -2.33. The number of halogens is 1.